The molecule has 4 nitrogen and oxygen atoms in total. The first-order valence-corrected chi connectivity index (χ1v) is 9.14. The van der Waals surface area contributed by atoms with E-state index in [0.29, 0.717) is 18.7 Å². The number of halogens is 4. The molecule has 0 aliphatic heterocycles. The fourth-order valence-corrected chi connectivity index (χ4v) is 2.87. The van der Waals surface area contributed by atoms with Gasteiger partial charge in [0, 0.05) is 16.8 Å². The zero-order valence-corrected chi connectivity index (χ0v) is 16.5. The minimum Gasteiger partial charge on any atom is -0.390 e. The molecule has 1 rings (SSSR count). The Labute approximate surface area is 162 Å². The number of aliphatic hydroxyl groups is 1. The van der Waals surface area contributed by atoms with E-state index in [9.17, 15) is 13.2 Å². The van der Waals surface area contributed by atoms with Gasteiger partial charge in [0.15, 0.2) is 0 Å². The Hall–Kier alpha value is -1.86. The summed E-state index contributed by atoms with van der Waals surface area (Å²) in [4.78, 5) is 8.21. The SMILES string of the molecule is C=N/C(CC)=C(CC)\C(=N/CCl)NC(C)c1cccc(C(F)(F)CO)c1F. The third-order valence-electron chi connectivity index (χ3n) is 4.17. The number of amidine groups is 1. The molecule has 1 atom stereocenters. The van der Waals surface area contributed by atoms with E-state index in [2.05, 4.69) is 22.0 Å². The molecule has 8 heteroatoms. The maximum Gasteiger partial charge on any atom is 0.298 e. The fraction of sp³-hybridized carbons (Fsp3) is 0.474. The van der Waals surface area contributed by atoms with Crippen molar-refractivity contribution in [3.63, 3.8) is 0 Å². The fourth-order valence-electron chi connectivity index (χ4n) is 2.75. The topological polar surface area (TPSA) is 57.0 Å². The number of aliphatic hydroxyl groups excluding tert-OH is 1. The van der Waals surface area contributed by atoms with Crippen LogP contribution in [0, 0.1) is 5.82 Å². The lowest BCUT2D eigenvalue weighted by molar-refractivity contribution is -0.0584. The van der Waals surface area contributed by atoms with E-state index in [0.717, 1.165) is 17.3 Å². The molecule has 0 aliphatic carbocycles. The molecule has 0 aromatic heterocycles. The van der Waals surface area contributed by atoms with Crippen LogP contribution < -0.4 is 5.32 Å². The van der Waals surface area contributed by atoms with Crippen LogP contribution in [0.4, 0.5) is 13.2 Å². The van der Waals surface area contributed by atoms with Crippen molar-refractivity contribution in [1.82, 2.24) is 5.32 Å². The van der Waals surface area contributed by atoms with Crippen molar-refractivity contribution in [3.8, 4) is 0 Å². The minimum absolute atomic E-state index is 0.0300. The molecule has 0 amide bonds. The van der Waals surface area contributed by atoms with Gasteiger partial charge < -0.3 is 10.4 Å². The Balaban J connectivity index is 3.31. The van der Waals surface area contributed by atoms with Crippen molar-refractivity contribution in [1.29, 1.82) is 0 Å². The Morgan fingerprint density at radius 1 is 1.33 bits per heavy atom. The highest BCUT2D eigenvalue weighted by Crippen LogP contribution is 2.32. The molecule has 1 aromatic carbocycles. The summed E-state index contributed by atoms with van der Waals surface area (Å²) in [6, 6.07) is 2.99. The van der Waals surface area contributed by atoms with Crippen molar-refractivity contribution >= 4 is 24.2 Å². The summed E-state index contributed by atoms with van der Waals surface area (Å²) in [7, 11) is 0. The van der Waals surface area contributed by atoms with Crippen LogP contribution in [0.15, 0.2) is 39.5 Å². The lowest BCUT2D eigenvalue weighted by atomic mass is 9.99. The van der Waals surface area contributed by atoms with Crippen molar-refractivity contribution in [2.24, 2.45) is 9.98 Å². The standard InChI is InChI=1S/C19H25ClF3N3O/c1-5-13(16(6-2)24-4)18(25-11-20)26-12(3)14-8-7-9-15(17(14)21)19(22,23)10-27/h7-9,12,27H,4-6,10-11H2,1-3H3,(H,25,26)/b16-13-. The van der Waals surface area contributed by atoms with Gasteiger partial charge in [-0.15, -0.1) is 11.6 Å². The van der Waals surface area contributed by atoms with Gasteiger partial charge in [-0.05, 0) is 32.5 Å². The Morgan fingerprint density at radius 3 is 2.48 bits per heavy atom. The predicted octanol–water partition coefficient (Wildman–Crippen LogP) is 4.93. The van der Waals surface area contributed by atoms with Gasteiger partial charge in [0.2, 0.25) is 0 Å². The lowest BCUT2D eigenvalue weighted by Crippen LogP contribution is -2.30. The minimum atomic E-state index is -3.66. The summed E-state index contributed by atoms with van der Waals surface area (Å²) in [6.07, 6.45) is 1.21. The van der Waals surface area contributed by atoms with Crippen LogP contribution in [0.2, 0.25) is 0 Å². The average molecular weight is 404 g/mol. The van der Waals surface area contributed by atoms with E-state index < -0.39 is 30.0 Å². The number of rotatable bonds is 9. The monoisotopic (exact) mass is 403 g/mol. The highest BCUT2D eigenvalue weighted by Gasteiger charge is 2.35. The molecular weight excluding hydrogens is 379 g/mol. The van der Waals surface area contributed by atoms with Crippen LogP contribution in [-0.2, 0) is 5.92 Å². The number of benzene rings is 1. The van der Waals surface area contributed by atoms with Crippen molar-refractivity contribution in [2.75, 3.05) is 12.6 Å². The molecule has 0 aliphatic rings. The molecule has 1 unspecified atom stereocenters. The van der Waals surface area contributed by atoms with Crippen LogP contribution in [0.1, 0.15) is 50.8 Å². The molecule has 0 radical (unpaired) electrons. The normalized spacial score (nSPS) is 14.6. The molecule has 0 saturated heterocycles. The summed E-state index contributed by atoms with van der Waals surface area (Å²) >= 11 is 5.76. The van der Waals surface area contributed by atoms with Gasteiger partial charge in [0.1, 0.15) is 24.3 Å². The highest BCUT2D eigenvalue weighted by atomic mass is 35.5. The van der Waals surface area contributed by atoms with Gasteiger partial charge in [-0.25, -0.2) is 4.39 Å². The van der Waals surface area contributed by atoms with Crippen LogP contribution in [-0.4, -0.2) is 30.3 Å². The van der Waals surface area contributed by atoms with Gasteiger partial charge >= 0.3 is 0 Å². The van der Waals surface area contributed by atoms with Gasteiger partial charge in [0.05, 0.1) is 11.6 Å². The van der Waals surface area contributed by atoms with Crippen molar-refractivity contribution < 1.29 is 18.3 Å². The number of nitrogens with zero attached hydrogens (tertiary/aromatic N) is 2. The summed E-state index contributed by atoms with van der Waals surface area (Å²) in [5.74, 6) is -4.31. The van der Waals surface area contributed by atoms with Gasteiger partial charge in [0.25, 0.3) is 5.92 Å². The predicted molar refractivity (Wildman–Crippen MR) is 104 cm³/mol. The Morgan fingerprint density at radius 2 is 2.00 bits per heavy atom. The number of hydrogen-bond donors (Lipinski definition) is 2. The Kier molecular flexibility index (Phi) is 8.99. The number of nitrogens with one attached hydrogen (secondary N) is 1. The first-order valence-electron chi connectivity index (χ1n) is 8.60. The second-order valence-corrected chi connectivity index (χ2v) is 6.09. The second-order valence-electron chi connectivity index (χ2n) is 5.85. The number of aliphatic imine (C=N–C) groups is 2. The van der Waals surface area contributed by atoms with Crippen molar-refractivity contribution in [3.05, 3.63) is 46.4 Å². The van der Waals surface area contributed by atoms with Gasteiger partial charge in [-0.3, -0.25) is 9.98 Å². The summed E-state index contributed by atoms with van der Waals surface area (Å²) in [5, 5.41) is 11.9. The summed E-state index contributed by atoms with van der Waals surface area (Å²) in [5.41, 5.74) is 0.683. The van der Waals surface area contributed by atoms with Crippen molar-refractivity contribution in [2.45, 2.75) is 45.6 Å². The van der Waals surface area contributed by atoms with E-state index in [4.69, 9.17) is 16.7 Å². The van der Waals surface area contributed by atoms with Crippen LogP contribution in [0.25, 0.3) is 0 Å². The number of hydrogen-bond acceptors (Lipinski definition) is 3. The zero-order valence-electron chi connectivity index (χ0n) is 15.7. The third-order valence-corrected chi connectivity index (χ3v) is 4.29. The first kappa shape index (κ1) is 23.2. The highest BCUT2D eigenvalue weighted by molar-refractivity contribution is 6.18. The molecule has 27 heavy (non-hydrogen) atoms. The largest absolute Gasteiger partial charge is 0.390 e. The number of alkyl halides is 3. The summed E-state index contributed by atoms with van der Waals surface area (Å²) in [6.45, 7) is 7.54. The molecular formula is C19H25ClF3N3O. The lowest BCUT2D eigenvalue weighted by Gasteiger charge is -2.22. The molecule has 2 N–H and O–H groups in total. The van der Waals surface area contributed by atoms with Crippen LogP contribution >= 0.6 is 11.6 Å². The van der Waals surface area contributed by atoms with E-state index in [1.165, 1.54) is 12.1 Å². The Bertz CT molecular complexity index is 720. The molecule has 0 bridgehead atoms. The number of allylic oxidation sites excluding steroid dienone is 1. The van der Waals surface area contributed by atoms with Gasteiger partial charge in [-0.2, -0.15) is 8.78 Å². The second kappa shape index (κ2) is 10.5. The van der Waals surface area contributed by atoms with Crippen LogP contribution in [0.3, 0.4) is 0 Å². The molecule has 0 saturated carbocycles. The maximum absolute atomic E-state index is 14.7. The molecule has 0 heterocycles. The smallest absolute Gasteiger partial charge is 0.298 e. The van der Waals surface area contributed by atoms with Gasteiger partial charge in [-0.1, -0.05) is 26.0 Å². The maximum atomic E-state index is 14.7. The summed E-state index contributed by atoms with van der Waals surface area (Å²) < 4.78 is 42.2. The van der Waals surface area contributed by atoms with E-state index >= 15 is 0 Å². The zero-order chi connectivity index (χ0) is 20.6. The van der Waals surface area contributed by atoms with E-state index in [1.54, 1.807) is 6.92 Å². The van der Waals surface area contributed by atoms with Crippen LogP contribution in [0.5, 0.6) is 0 Å². The first-order chi connectivity index (χ1) is 12.8. The van der Waals surface area contributed by atoms with E-state index in [1.807, 2.05) is 13.8 Å². The molecule has 150 valence electrons. The molecule has 0 fully saturated rings. The molecule has 0 spiro atoms. The quantitative estimate of drug-likeness (QED) is 0.266. The molecule has 1 aromatic rings. The van der Waals surface area contributed by atoms with E-state index in [-0.39, 0.29) is 11.6 Å². The average Bonchev–Trinajstić information content (AvgIpc) is 2.65. The third kappa shape index (κ3) is 5.56.